The van der Waals surface area contributed by atoms with Gasteiger partial charge in [0.15, 0.2) is 0 Å². The first kappa shape index (κ1) is 11.4. The normalized spacial score (nSPS) is 26.7. The minimum Gasteiger partial charge on any atom is -0.309 e. The fraction of sp³-hybridized carbons (Fsp3) is 0.545. The maximum Gasteiger partial charge on any atom is 0.391 e. The molecule has 2 atom stereocenters. The fourth-order valence-electron chi connectivity index (χ4n) is 2.02. The van der Waals surface area contributed by atoms with Gasteiger partial charge in [0.2, 0.25) is 0 Å². The van der Waals surface area contributed by atoms with E-state index in [4.69, 9.17) is 0 Å². The lowest BCUT2D eigenvalue weighted by atomic mass is 9.90. The Labute approximate surface area is 91.9 Å². The van der Waals surface area contributed by atoms with Crippen LogP contribution in [0.1, 0.15) is 24.6 Å². The minimum atomic E-state index is -4.09. The molecule has 1 saturated heterocycles. The first-order valence-electron chi connectivity index (χ1n) is 5.28. The lowest BCUT2D eigenvalue weighted by Crippen LogP contribution is -2.38. The molecule has 0 amide bonds. The summed E-state index contributed by atoms with van der Waals surface area (Å²) < 4.78 is 37.7. The van der Waals surface area contributed by atoms with Crippen LogP contribution >= 0.6 is 0 Å². The molecular formula is C11H13F3N2. The molecule has 16 heavy (non-hydrogen) atoms. The summed E-state index contributed by atoms with van der Waals surface area (Å²) in [6, 6.07) is 5.03. The van der Waals surface area contributed by atoms with Crippen LogP contribution in [0.5, 0.6) is 0 Å². The lowest BCUT2D eigenvalue weighted by Gasteiger charge is -2.31. The molecular weight excluding hydrogens is 217 g/mol. The molecule has 0 radical (unpaired) electrons. The average Bonchev–Trinajstić information content (AvgIpc) is 2.29. The van der Waals surface area contributed by atoms with Gasteiger partial charge in [-0.15, -0.1) is 0 Å². The fourth-order valence-corrected chi connectivity index (χ4v) is 2.02. The second-order valence-corrected chi connectivity index (χ2v) is 4.02. The van der Waals surface area contributed by atoms with Gasteiger partial charge in [-0.25, -0.2) is 0 Å². The number of aromatic nitrogens is 1. The van der Waals surface area contributed by atoms with E-state index in [2.05, 4.69) is 10.3 Å². The van der Waals surface area contributed by atoms with Crippen LogP contribution in [0.25, 0.3) is 0 Å². The Morgan fingerprint density at radius 1 is 1.31 bits per heavy atom. The van der Waals surface area contributed by atoms with Gasteiger partial charge in [-0.3, -0.25) is 4.98 Å². The van der Waals surface area contributed by atoms with Crippen LogP contribution in [0.2, 0.25) is 0 Å². The van der Waals surface area contributed by atoms with E-state index in [1.54, 1.807) is 24.4 Å². The Bertz CT molecular complexity index is 337. The van der Waals surface area contributed by atoms with E-state index in [9.17, 15) is 13.2 Å². The Morgan fingerprint density at radius 3 is 2.75 bits per heavy atom. The van der Waals surface area contributed by atoms with E-state index >= 15 is 0 Å². The molecule has 2 rings (SSSR count). The highest BCUT2D eigenvalue weighted by molar-refractivity contribution is 5.09. The maximum absolute atomic E-state index is 12.6. The lowest BCUT2D eigenvalue weighted by molar-refractivity contribution is -0.183. The molecule has 1 fully saturated rings. The predicted octanol–water partition coefficient (Wildman–Crippen LogP) is 2.68. The van der Waals surface area contributed by atoms with Crippen LogP contribution in [0.4, 0.5) is 13.2 Å². The first-order valence-corrected chi connectivity index (χ1v) is 5.28. The van der Waals surface area contributed by atoms with Gasteiger partial charge in [-0.2, -0.15) is 13.2 Å². The molecule has 1 aromatic heterocycles. The Hall–Kier alpha value is -1.10. The van der Waals surface area contributed by atoms with E-state index in [0.29, 0.717) is 12.2 Å². The highest BCUT2D eigenvalue weighted by Crippen LogP contribution is 2.37. The van der Waals surface area contributed by atoms with E-state index in [-0.39, 0.29) is 18.9 Å². The van der Waals surface area contributed by atoms with Gasteiger partial charge in [0.05, 0.1) is 17.7 Å². The van der Waals surface area contributed by atoms with E-state index in [1.807, 2.05) is 0 Å². The molecule has 2 heterocycles. The van der Waals surface area contributed by atoms with Crippen molar-refractivity contribution < 1.29 is 13.2 Å². The van der Waals surface area contributed by atoms with Gasteiger partial charge < -0.3 is 5.32 Å². The number of nitrogens with zero attached hydrogens (tertiary/aromatic N) is 1. The smallest absolute Gasteiger partial charge is 0.309 e. The molecule has 1 aromatic rings. The number of alkyl halides is 3. The second-order valence-electron chi connectivity index (χ2n) is 4.02. The molecule has 88 valence electrons. The zero-order valence-electron chi connectivity index (χ0n) is 8.67. The van der Waals surface area contributed by atoms with Crippen molar-refractivity contribution in [3.63, 3.8) is 0 Å². The molecule has 0 saturated carbocycles. The number of hydrogen-bond donors (Lipinski definition) is 1. The number of rotatable bonds is 1. The summed E-state index contributed by atoms with van der Waals surface area (Å²) in [5.41, 5.74) is 0.691. The Kier molecular flexibility index (Phi) is 3.14. The molecule has 0 aliphatic carbocycles. The van der Waals surface area contributed by atoms with Gasteiger partial charge in [-0.05, 0) is 31.5 Å². The van der Waals surface area contributed by atoms with E-state index < -0.39 is 12.1 Å². The number of nitrogens with one attached hydrogen (secondary N) is 1. The van der Waals surface area contributed by atoms with Crippen LogP contribution in [0.15, 0.2) is 24.4 Å². The number of hydrogen-bond acceptors (Lipinski definition) is 2. The first-order chi connectivity index (χ1) is 7.57. The highest BCUT2D eigenvalue weighted by Gasteiger charge is 2.42. The molecule has 0 aromatic carbocycles. The second kappa shape index (κ2) is 4.41. The largest absolute Gasteiger partial charge is 0.391 e. The number of halogens is 3. The van der Waals surface area contributed by atoms with Gasteiger partial charge in [0.1, 0.15) is 0 Å². The summed E-state index contributed by atoms with van der Waals surface area (Å²) in [5, 5.41) is 3.07. The van der Waals surface area contributed by atoms with Gasteiger partial charge >= 0.3 is 6.18 Å². The zero-order valence-corrected chi connectivity index (χ0v) is 8.67. The maximum atomic E-state index is 12.6. The van der Waals surface area contributed by atoms with Crippen LogP contribution in [0, 0.1) is 5.92 Å². The molecule has 1 aliphatic rings. The van der Waals surface area contributed by atoms with Crippen molar-refractivity contribution in [3.05, 3.63) is 30.1 Å². The molecule has 0 spiro atoms. The van der Waals surface area contributed by atoms with Crippen molar-refractivity contribution in [2.45, 2.75) is 25.1 Å². The van der Waals surface area contributed by atoms with Crippen molar-refractivity contribution in [2.24, 2.45) is 5.92 Å². The summed E-state index contributed by atoms with van der Waals surface area (Å²) >= 11 is 0. The van der Waals surface area contributed by atoms with Crippen LogP contribution in [0.3, 0.4) is 0 Å². The molecule has 1 aliphatic heterocycles. The monoisotopic (exact) mass is 230 g/mol. The average molecular weight is 230 g/mol. The summed E-state index contributed by atoms with van der Waals surface area (Å²) in [4.78, 5) is 4.09. The SMILES string of the molecule is FC(F)(F)C1CCN[C@H](c2ccccn2)C1. The number of piperidine rings is 1. The molecule has 5 heteroatoms. The van der Waals surface area contributed by atoms with E-state index in [0.717, 1.165) is 0 Å². The highest BCUT2D eigenvalue weighted by atomic mass is 19.4. The Balaban J connectivity index is 2.08. The van der Waals surface area contributed by atoms with Gasteiger partial charge in [-0.1, -0.05) is 6.07 Å². The summed E-state index contributed by atoms with van der Waals surface area (Å²) in [7, 11) is 0. The van der Waals surface area contributed by atoms with Crippen molar-refractivity contribution in [1.82, 2.24) is 10.3 Å². The van der Waals surface area contributed by atoms with Crippen molar-refractivity contribution in [1.29, 1.82) is 0 Å². The Morgan fingerprint density at radius 2 is 2.12 bits per heavy atom. The third-order valence-electron chi connectivity index (χ3n) is 2.91. The minimum absolute atomic E-state index is 0.0838. The topological polar surface area (TPSA) is 24.9 Å². The molecule has 2 nitrogen and oxygen atoms in total. The third kappa shape index (κ3) is 2.52. The summed E-state index contributed by atoms with van der Waals surface area (Å²) in [5.74, 6) is -1.21. The third-order valence-corrected chi connectivity index (χ3v) is 2.91. The van der Waals surface area contributed by atoms with Crippen LogP contribution in [-0.4, -0.2) is 17.7 Å². The van der Waals surface area contributed by atoms with Gasteiger partial charge in [0, 0.05) is 6.20 Å². The van der Waals surface area contributed by atoms with Gasteiger partial charge in [0.25, 0.3) is 0 Å². The zero-order chi connectivity index (χ0) is 11.6. The predicted molar refractivity (Wildman–Crippen MR) is 53.8 cm³/mol. The standard InChI is InChI=1S/C11H13F3N2/c12-11(13,14)8-4-6-16-10(7-8)9-3-1-2-5-15-9/h1-3,5,8,10,16H,4,6-7H2/t8?,10-/m0/s1. The summed E-state index contributed by atoms with van der Waals surface area (Å²) in [6.45, 7) is 0.394. The quantitative estimate of drug-likeness (QED) is 0.802. The molecule has 1 unspecified atom stereocenters. The van der Waals surface area contributed by atoms with Crippen molar-refractivity contribution in [2.75, 3.05) is 6.54 Å². The summed E-state index contributed by atoms with van der Waals surface area (Å²) in [6.07, 6.45) is -2.24. The van der Waals surface area contributed by atoms with Crippen LogP contribution in [-0.2, 0) is 0 Å². The van der Waals surface area contributed by atoms with E-state index in [1.165, 1.54) is 0 Å². The van der Waals surface area contributed by atoms with Crippen molar-refractivity contribution >= 4 is 0 Å². The van der Waals surface area contributed by atoms with Crippen LogP contribution < -0.4 is 5.32 Å². The number of pyridine rings is 1. The molecule has 0 bridgehead atoms. The molecule has 1 N–H and O–H groups in total. The van der Waals surface area contributed by atoms with Crippen molar-refractivity contribution in [3.8, 4) is 0 Å².